The Kier molecular flexibility index (Phi) is 8.30. The zero-order chi connectivity index (χ0) is 18.4. The molecule has 134 valence electrons. The molecule has 0 heterocycles. The predicted molar refractivity (Wildman–Crippen MR) is 106 cm³/mol. The van der Waals surface area contributed by atoms with Gasteiger partial charge in [-0.2, -0.15) is 0 Å². The second-order valence-electron chi connectivity index (χ2n) is 6.28. The van der Waals surface area contributed by atoms with Crippen molar-refractivity contribution in [1.29, 1.82) is 0 Å². The molecule has 0 radical (unpaired) electrons. The maximum Gasteiger partial charge on any atom is 1.00 e. The summed E-state index contributed by atoms with van der Waals surface area (Å²) in [7, 11) is -1.90. The van der Waals surface area contributed by atoms with Crippen LogP contribution in [0, 0.1) is 0 Å². The summed E-state index contributed by atoms with van der Waals surface area (Å²) in [6, 6.07) is 29.6. The largest absolute Gasteiger partial charge is 1.00 e. The molecule has 0 aliphatic heterocycles. The van der Waals surface area contributed by atoms with Gasteiger partial charge in [-0.05, 0) is 23.1 Å². The summed E-state index contributed by atoms with van der Waals surface area (Å²) in [4.78, 5) is 0. The molecule has 0 aliphatic rings. The Balaban J connectivity index is 0.00000196. The van der Waals surface area contributed by atoms with Gasteiger partial charge < -0.3 is 16.1 Å². The first-order valence-electron chi connectivity index (χ1n) is 8.88. The molecule has 3 nitrogen and oxygen atoms in total. The minimum atomic E-state index is -1.90. The van der Waals surface area contributed by atoms with Crippen LogP contribution in [0.3, 0.4) is 0 Å². The Labute approximate surface area is 185 Å². The van der Waals surface area contributed by atoms with E-state index in [-0.39, 0.29) is 36.9 Å². The molecule has 3 rings (SSSR count). The van der Waals surface area contributed by atoms with Crippen molar-refractivity contribution < 1.29 is 45.7 Å². The van der Waals surface area contributed by atoms with E-state index in [1.807, 2.05) is 78.9 Å². The Morgan fingerprint density at radius 1 is 0.815 bits per heavy atom. The van der Waals surface area contributed by atoms with E-state index >= 15 is 0 Å². The summed E-state index contributed by atoms with van der Waals surface area (Å²) in [5.74, 6) is -0.102. The Morgan fingerprint density at radius 3 is 1.59 bits per heavy atom. The molecule has 0 aromatic heterocycles. The van der Waals surface area contributed by atoms with Crippen LogP contribution in [0.1, 0.15) is 37.4 Å². The molecular formula is C22H24BNaO3. The van der Waals surface area contributed by atoms with Crippen LogP contribution in [0.2, 0.25) is 0 Å². The first-order chi connectivity index (χ1) is 12.7. The smallest absolute Gasteiger partial charge is 1.00 e. The Hall–Kier alpha value is -1.40. The van der Waals surface area contributed by atoms with Gasteiger partial charge in [0.2, 0.25) is 0 Å². The number of rotatable bonds is 7. The summed E-state index contributed by atoms with van der Waals surface area (Å²) in [6.07, 6.45) is 0.764. The zero-order valence-electron chi connectivity index (χ0n) is 16.8. The monoisotopic (exact) mass is 370 g/mol. The van der Waals surface area contributed by atoms with Crippen LogP contribution < -0.4 is 29.6 Å². The van der Waals surface area contributed by atoms with Gasteiger partial charge in [0.15, 0.2) is 0 Å². The van der Waals surface area contributed by atoms with Gasteiger partial charge in [-0.3, -0.25) is 0 Å². The molecule has 1 atom stereocenters. The summed E-state index contributed by atoms with van der Waals surface area (Å²) < 4.78 is 5.93. The van der Waals surface area contributed by atoms with Gasteiger partial charge in [-0.25, -0.2) is 0 Å². The summed E-state index contributed by atoms with van der Waals surface area (Å²) in [5.41, 5.74) is 1.83. The Morgan fingerprint density at radius 2 is 1.22 bits per heavy atom. The minimum Gasteiger partial charge on any atom is -1.00 e. The van der Waals surface area contributed by atoms with Crippen LogP contribution in [-0.2, 0) is 10.3 Å². The number of benzene rings is 3. The van der Waals surface area contributed by atoms with Crippen molar-refractivity contribution in [3.8, 4) is 0 Å². The summed E-state index contributed by atoms with van der Waals surface area (Å²) >= 11 is 0. The Bertz CT molecular complexity index is 764. The molecule has 0 aliphatic carbocycles. The molecule has 27 heavy (non-hydrogen) atoms. The molecule has 0 bridgehead atoms. The number of hydrogen-bond acceptors (Lipinski definition) is 3. The molecule has 3 aromatic rings. The third-order valence-corrected chi connectivity index (χ3v) is 4.80. The molecule has 0 fully saturated rings. The van der Waals surface area contributed by atoms with Crippen LogP contribution in [0.25, 0.3) is 0 Å². The van der Waals surface area contributed by atoms with Gasteiger partial charge in [-0.15, -0.1) is 0 Å². The van der Waals surface area contributed by atoms with Crippen molar-refractivity contribution in [2.75, 3.05) is 0 Å². The van der Waals surface area contributed by atoms with E-state index in [1.54, 1.807) is 0 Å². The molecule has 5 heteroatoms. The average Bonchev–Trinajstić information content (AvgIpc) is 2.69. The van der Waals surface area contributed by atoms with E-state index in [2.05, 4.69) is 19.1 Å². The molecule has 3 aromatic carbocycles. The van der Waals surface area contributed by atoms with Crippen molar-refractivity contribution in [2.45, 2.75) is 24.9 Å². The average molecular weight is 370 g/mol. The van der Waals surface area contributed by atoms with Crippen LogP contribution >= 0.6 is 0 Å². The van der Waals surface area contributed by atoms with Gasteiger partial charge in [-0.1, -0.05) is 97.9 Å². The minimum absolute atomic E-state index is 0. The predicted octanol–water partition coefficient (Wildman–Crippen LogP) is 1.23. The van der Waals surface area contributed by atoms with Crippen molar-refractivity contribution in [2.24, 2.45) is 0 Å². The van der Waals surface area contributed by atoms with E-state index in [1.165, 1.54) is 0 Å². The van der Waals surface area contributed by atoms with Crippen molar-refractivity contribution in [3.63, 3.8) is 0 Å². The van der Waals surface area contributed by atoms with Crippen LogP contribution in [0.15, 0.2) is 91.0 Å². The summed E-state index contributed by atoms with van der Waals surface area (Å²) in [5, 5.41) is 19.7. The van der Waals surface area contributed by atoms with Crippen LogP contribution in [0.5, 0.6) is 0 Å². The molecule has 2 N–H and O–H groups in total. The van der Waals surface area contributed by atoms with Gasteiger partial charge >= 0.3 is 36.9 Å². The first-order valence-corrected chi connectivity index (χ1v) is 8.88. The number of hydrogen-bond donors (Lipinski definition) is 2. The SMILES string of the molecule is CCC(c1ccccc1)C(OB(O)O)(c1ccccc1)c1ccccc1.[H-].[Na+]. The quantitative estimate of drug-likeness (QED) is 0.615. The normalized spacial score (nSPS) is 12.1. The van der Waals surface area contributed by atoms with E-state index in [0.717, 1.165) is 23.1 Å². The van der Waals surface area contributed by atoms with Gasteiger partial charge in [0.05, 0.1) is 0 Å². The van der Waals surface area contributed by atoms with Gasteiger partial charge in [0.1, 0.15) is 5.60 Å². The third kappa shape index (κ3) is 4.72. The molecular weight excluding hydrogens is 346 g/mol. The topological polar surface area (TPSA) is 49.7 Å². The van der Waals surface area contributed by atoms with E-state index in [9.17, 15) is 10.0 Å². The van der Waals surface area contributed by atoms with Gasteiger partial charge in [0, 0.05) is 5.92 Å². The third-order valence-electron chi connectivity index (χ3n) is 4.80. The van der Waals surface area contributed by atoms with Crippen LogP contribution in [-0.4, -0.2) is 17.4 Å². The van der Waals surface area contributed by atoms with Crippen molar-refractivity contribution in [3.05, 3.63) is 108 Å². The molecule has 0 spiro atoms. The van der Waals surface area contributed by atoms with Gasteiger partial charge in [0.25, 0.3) is 0 Å². The first kappa shape index (κ1) is 21.9. The maximum atomic E-state index is 9.84. The van der Waals surface area contributed by atoms with Crippen molar-refractivity contribution >= 4 is 7.32 Å². The van der Waals surface area contributed by atoms with Crippen LogP contribution in [0.4, 0.5) is 0 Å². The molecule has 0 saturated carbocycles. The molecule has 1 unspecified atom stereocenters. The van der Waals surface area contributed by atoms with E-state index < -0.39 is 12.9 Å². The maximum absolute atomic E-state index is 9.84. The fourth-order valence-corrected chi connectivity index (χ4v) is 3.77. The van der Waals surface area contributed by atoms with E-state index in [4.69, 9.17) is 4.65 Å². The molecule has 0 amide bonds. The zero-order valence-corrected chi connectivity index (χ0v) is 17.8. The fourth-order valence-electron chi connectivity index (χ4n) is 3.77. The fraction of sp³-hybridized carbons (Fsp3) is 0.182. The van der Waals surface area contributed by atoms with Crippen molar-refractivity contribution in [1.82, 2.24) is 0 Å². The second kappa shape index (κ2) is 10.2. The molecule has 0 saturated heterocycles. The standard InChI is InChI=1S/C22H23BO3.Na.H/c1-2-21(18-12-6-3-7-13-18)22(26-23(24)25,19-14-8-4-9-15-19)20-16-10-5-11-17-20;;/h3-17,21,24-25H,2H2,1H3;;/q;+1;-1. The van der Waals surface area contributed by atoms with E-state index in [0.29, 0.717) is 0 Å². The second-order valence-corrected chi connectivity index (χ2v) is 6.28. The summed E-state index contributed by atoms with van der Waals surface area (Å²) in [6.45, 7) is 2.09.